The van der Waals surface area contributed by atoms with Gasteiger partial charge in [-0.05, 0) is 0 Å². The number of alkyl halides is 3. The molecule has 5 heteroatoms. The molecular formula is C7H4ClF3Sn. The number of halogens is 4. The molecule has 0 aliphatic carbocycles. The van der Waals surface area contributed by atoms with E-state index >= 15 is 0 Å². The predicted octanol–water partition coefficient (Wildman–Crippen LogP) is 1.88. The van der Waals surface area contributed by atoms with E-state index < -0.39 is 11.7 Å². The van der Waals surface area contributed by atoms with Crippen molar-refractivity contribution in [1.29, 1.82) is 0 Å². The van der Waals surface area contributed by atoms with Gasteiger partial charge < -0.3 is 0 Å². The normalized spacial score (nSPS) is 11.8. The van der Waals surface area contributed by atoms with Crippen LogP contribution in [0.25, 0.3) is 0 Å². The van der Waals surface area contributed by atoms with Crippen molar-refractivity contribution in [3.8, 4) is 0 Å². The molecule has 0 amide bonds. The zero-order valence-electron chi connectivity index (χ0n) is 5.82. The van der Waals surface area contributed by atoms with Gasteiger partial charge in [-0.3, -0.25) is 0 Å². The van der Waals surface area contributed by atoms with Crippen LogP contribution in [0, 0.1) is 0 Å². The van der Waals surface area contributed by atoms with Gasteiger partial charge >= 0.3 is 85.8 Å². The van der Waals surface area contributed by atoms with Gasteiger partial charge in [-0.25, -0.2) is 0 Å². The van der Waals surface area contributed by atoms with Gasteiger partial charge in [0.2, 0.25) is 0 Å². The number of hydrogen-bond acceptors (Lipinski definition) is 0. The first-order valence-corrected chi connectivity index (χ1v) is 5.06. The molecule has 1 rings (SSSR count). The molecule has 1 aromatic rings. The molecule has 0 aliphatic heterocycles. The Labute approximate surface area is 85.8 Å². The van der Waals surface area contributed by atoms with E-state index in [9.17, 15) is 13.2 Å². The van der Waals surface area contributed by atoms with Crippen LogP contribution >= 0.6 is 11.6 Å². The summed E-state index contributed by atoms with van der Waals surface area (Å²) in [7, 11) is 0. The molecule has 2 radical (unpaired) electrons. The van der Waals surface area contributed by atoms with Crippen molar-refractivity contribution in [3.63, 3.8) is 0 Å². The molecule has 12 heavy (non-hydrogen) atoms. The van der Waals surface area contributed by atoms with Crippen LogP contribution in [-0.2, 0) is 6.18 Å². The summed E-state index contributed by atoms with van der Waals surface area (Å²) in [5, 5.41) is -0.236. The molecule has 0 N–H and O–H groups in total. The first kappa shape index (κ1) is 10.2. The molecule has 0 saturated carbocycles. The van der Waals surface area contributed by atoms with E-state index in [1.807, 2.05) is 0 Å². The number of rotatable bonds is 0. The van der Waals surface area contributed by atoms with Gasteiger partial charge in [0.1, 0.15) is 0 Å². The number of hydrogen-bond donors (Lipinski definition) is 0. The number of benzene rings is 1. The van der Waals surface area contributed by atoms with E-state index in [4.69, 9.17) is 11.6 Å². The fourth-order valence-corrected chi connectivity index (χ4v) is 1.74. The van der Waals surface area contributed by atoms with Crippen LogP contribution in [0.1, 0.15) is 5.56 Å². The first-order chi connectivity index (χ1) is 5.41. The summed E-state index contributed by atoms with van der Waals surface area (Å²) in [6.45, 7) is 0. The third-order valence-electron chi connectivity index (χ3n) is 1.30. The van der Waals surface area contributed by atoms with Gasteiger partial charge in [0.15, 0.2) is 0 Å². The average molecular weight is 299 g/mol. The van der Waals surface area contributed by atoms with Crippen molar-refractivity contribution in [2.45, 2.75) is 6.18 Å². The van der Waals surface area contributed by atoms with Crippen molar-refractivity contribution in [2.24, 2.45) is 0 Å². The van der Waals surface area contributed by atoms with Crippen molar-refractivity contribution >= 4 is 37.7 Å². The molecule has 1 aromatic carbocycles. The third-order valence-corrected chi connectivity index (χ3v) is 2.65. The maximum absolute atomic E-state index is 12.2. The van der Waals surface area contributed by atoms with Gasteiger partial charge in [0.25, 0.3) is 0 Å². The molecular weight excluding hydrogens is 295 g/mol. The maximum atomic E-state index is 12.2. The van der Waals surface area contributed by atoms with Crippen molar-refractivity contribution in [3.05, 3.63) is 28.8 Å². The van der Waals surface area contributed by atoms with Crippen molar-refractivity contribution in [2.75, 3.05) is 0 Å². The Kier molecular flexibility index (Phi) is 2.93. The monoisotopic (exact) mass is 300 g/mol. The molecule has 64 valence electrons. The summed E-state index contributed by atoms with van der Waals surface area (Å²) in [5.41, 5.74) is -0.741. The van der Waals surface area contributed by atoms with Crippen molar-refractivity contribution < 1.29 is 13.2 Å². The topological polar surface area (TPSA) is 0 Å². The molecule has 0 unspecified atom stereocenters. The molecule has 0 aromatic heterocycles. The van der Waals surface area contributed by atoms with Crippen LogP contribution in [0.2, 0.25) is 5.02 Å². The zero-order chi connectivity index (χ0) is 9.35. The minimum atomic E-state index is -4.34. The van der Waals surface area contributed by atoms with Crippen LogP contribution in [0.15, 0.2) is 18.2 Å². The molecule has 0 spiro atoms. The standard InChI is InChI=1S/C7H3ClF3.Sn.H/c8-6-4-2-1-3-5(6)7(9,10)11;;/h2-4H;;. The average Bonchev–Trinajstić information content (AvgIpc) is 1.92. The molecule has 0 bridgehead atoms. The summed E-state index contributed by atoms with van der Waals surface area (Å²) in [6, 6.07) is 3.97. The minimum absolute atomic E-state index is 0.236. The molecule has 0 saturated heterocycles. The van der Waals surface area contributed by atoms with Crippen LogP contribution in [0.5, 0.6) is 0 Å². The van der Waals surface area contributed by atoms with Gasteiger partial charge in [-0.1, -0.05) is 0 Å². The SMILES string of the molecule is FC(F)(F)c1c[c]([SnH])ccc1Cl. The molecule has 0 atom stereocenters. The Balaban J connectivity index is 3.23. The second-order valence-electron chi connectivity index (χ2n) is 2.24. The van der Waals surface area contributed by atoms with E-state index in [1.54, 1.807) is 6.07 Å². The van der Waals surface area contributed by atoms with E-state index in [0.717, 1.165) is 6.07 Å². The molecule has 0 aliphatic rings. The Morgan fingerprint density at radius 1 is 1.25 bits per heavy atom. The Bertz CT molecular complexity index is 295. The summed E-state index contributed by atoms with van der Waals surface area (Å²) in [5.74, 6) is 0. The Morgan fingerprint density at radius 3 is 2.25 bits per heavy atom. The molecule has 0 fully saturated rings. The summed E-state index contributed by atoms with van der Waals surface area (Å²) in [6.07, 6.45) is -4.34. The second-order valence-corrected chi connectivity index (χ2v) is 4.55. The Morgan fingerprint density at radius 2 is 1.83 bits per heavy atom. The fourth-order valence-electron chi connectivity index (χ4n) is 0.760. The van der Waals surface area contributed by atoms with Crippen molar-refractivity contribution in [1.82, 2.24) is 0 Å². The predicted molar refractivity (Wildman–Crippen MR) is 43.2 cm³/mol. The van der Waals surface area contributed by atoms with E-state index in [2.05, 4.69) is 0 Å². The molecule has 0 nitrogen and oxygen atoms in total. The zero-order valence-corrected chi connectivity index (χ0v) is 9.87. The van der Waals surface area contributed by atoms with E-state index in [0.29, 0.717) is 26.1 Å². The Hall–Kier alpha value is 0.0987. The van der Waals surface area contributed by atoms with E-state index in [1.165, 1.54) is 6.07 Å². The van der Waals surface area contributed by atoms with Crippen LogP contribution in [-0.4, -0.2) is 22.5 Å². The van der Waals surface area contributed by atoms with Crippen LogP contribution in [0.3, 0.4) is 0 Å². The van der Waals surface area contributed by atoms with Gasteiger partial charge in [-0.15, -0.1) is 0 Å². The quantitative estimate of drug-likeness (QED) is 0.642. The third kappa shape index (κ3) is 2.29. The summed E-state index contributed by atoms with van der Waals surface area (Å²) in [4.78, 5) is 0. The van der Waals surface area contributed by atoms with Gasteiger partial charge in [0.05, 0.1) is 0 Å². The van der Waals surface area contributed by atoms with Crippen LogP contribution < -0.4 is 3.58 Å². The van der Waals surface area contributed by atoms with E-state index in [-0.39, 0.29) is 5.02 Å². The second kappa shape index (κ2) is 3.46. The van der Waals surface area contributed by atoms with Gasteiger partial charge in [-0.2, -0.15) is 0 Å². The summed E-state index contributed by atoms with van der Waals surface area (Å²) < 4.78 is 37.2. The fraction of sp³-hybridized carbons (Fsp3) is 0.143. The first-order valence-electron chi connectivity index (χ1n) is 3.03. The van der Waals surface area contributed by atoms with Gasteiger partial charge in [0, 0.05) is 0 Å². The van der Waals surface area contributed by atoms with Crippen LogP contribution in [0.4, 0.5) is 13.2 Å². The molecule has 0 heterocycles. The summed E-state index contributed by atoms with van der Waals surface area (Å²) >= 11 is 6.03.